The summed E-state index contributed by atoms with van der Waals surface area (Å²) in [5.41, 5.74) is 0.536. The molecule has 5 heteroatoms. The number of carbonyl (C=O) groups is 1. The Bertz CT molecular complexity index is 623. The summed E-state index contributed by atoms with van der Waals surface area (Å²) in [6.07, 6.45) is 0. The van der Waals surface area contributed by atoms with Crippen molar-refractivity contribution in [3.63, 3.8) is 0 Å². The van der Waals surface area contributed by atoms with E-state index in [2.05, 4.69) is 4.74 Å². The van der Waals surface area contributed by atoms with Crippen LogP contribution in [0.4, 0.5) is 0 Å². The van der Waals surface area contributed by atoms with Crippen LogP contribution in [-0.4, -0.2) is 27.3 Å². The Kier molecular flexibility index (Phi) is 5.11. The summed E-state index contributed by atoms with van der Waals surface area (Å²) in [4.78, 5) is 13.4. The van der Waals surface area contributed by atoms with Gasteiger partial charge in [0.05, 0.1) is 26.9 Å². The molecule has 21 heavy (non-hydrogen) atoms. The van der Waals surface area contributed by atoms with Gasteiger partial charge in [0.25, 0.3) is 0 Å². The summed E-state index contributed by atoms with van der Waals surface area (Å²) in [6, 6.07) is 13.0. The van der Waals surface area contributed by atoms with E-state index in [0.717, 1.165) is 9.79 Å². The highest BCUT2D eigenvalue weighted by Crippen LogP contribution is 2.35. The number of benzene rings is 2. The lowest BCUT2D eigenvalue weighted by molar-refractivity contribution is 0.0600. The highest BCUT2D eigenvalue weighted by molar-refractivity contribution is 7.99. The van der Waals surface area contributed by atoms with E-state index in [1.807, 2.05) is 30.3 Å². The third kappa shape index (κ3) is 3.70. The lowest BCUT2D eigenvalue weighted by Crippen LogP contribution is -2.00. The van der Waals surface area contributed by atoms with E-state index >= 15 is 0 Å². The Balaban J connectivity index is 2.16. The molecule has 0 heterocycles. The van der Waals surface area contributed by atoms with Crippen LogP contribution in [0, 0.1) is 0 Å². The second kappa shape index (κ2) is 7.04. The summed E-state index contributed by atoms with van der Waals surface area (Å²) >= 11 is 1.58. The topological polar surface area (TPSA) is 44.8 Å². The molecule has 2 rings (SSSR count). The van der Waals surface area contributed by atoms with Gasteiger partial charge in [-0.05, 0) is 42.5 Å². The summed E-state index contributed by atoms with van der Waals surface area (Å²) in [5.74, 6) is 1.05. The largest absolute Gasteiger partial charge is 0.493 e. The third-order valence-corrected chi connectivity index (χ3v) is 3.86. The molecule has 0 aromatic heterocycles. The number of methoxy groups -OCH3 is 3. The van der Waals surface area contributed by atoms with Gasteiger partial charge in [0.2, 0.25) is 0 Å². The SMILES string of the molecule is COC(=O)c1ccc(Sc2ccc(OC)c(OC)c2)cc1. The van der Waals surface area contributed by atoms with Crippen LogP contribution < -0.4 is 9.47 Å². The minimum atomic E-state index is -0.335. The van der Waals surface area contributed by atoms with Gasteiger partial charge in [-0.1, -0.05) is 11.8 Å². The van der Waals surface area contributed by atoms with Crippen LogP contribution in [0.25, 0.3) is 0 Å². The van der Waals surface area contributed by atoms with Gasteiger partial charge in [-0.2, -0.15) is 0 Å². The molecule has 0 atom stereocenters. The highest BCUT2D eigenvalue weighted by Gasteiger charge is 2.07. The summed E-state index contributed by atoms with van der Waals surface area (Å²) in [5, 5.41) is 0. The van der Waals surface area contributed by atoms with E-state index < -0.39 is 0 Å². The number of esters is 1. The minimum Gasteiger partial charge on any atom is -0.493 e. The van der Waals surface area contributed by atoms with Crippen molar-refractivity contribution in [3.05, 3.63) is 48.0 Å². The maximum atomic E-state index is 11.4. The maximum Gasteiger partial charge on any atom is 0.337 e. The lowest BCUT2D eigenvalue weighted by atomic mass is 10.2. The number of ether oxygens (including phenoxy) is 3. The Morgan fingerprint density at radius 3 is 2.05 bits per heavy atom. The zero-order chi connectivity index (χ0) is 15.2. The summed E-state index contributed by atoms with van der Waals surface area (Å²) < 4.78 is 15.2. The van der Waals surface area contributed by atoms with E-state index in [-0.39, 0.29) is 5.97 Å². The molecule has 4 nitrogen and oxygen atoms in total. The predicted molar refractivity (Wildman–Crippen MR) is 81.5 cm³/mol. The second-order valence-electron chi connectivity index (χ2n) is 4.13. The fourth-order valence-corrected chi connectivity index (χ4v) is 2.64. The molecule has 0 aliphatic carbocycles. The molecule has 110 valence electrons. The van der Waals surface area contributed by atoms with Gasteiger partial charge in [0.1, 0.15) is 0 Å². The normalized spacial score (nSPS) is 10.0. The first kappa shape index (κ1) is 15.3. The number of hydrogen-bond acceptors (Lipinski definition) is 5. The van der Waals surface area contributed by atoms with E-state index in [4.69, 9.17) is 9.47 Å². The standard InChI is InChI=1S/C16H16O4S/c1-18-14-9-8-13(10-15(14)19-2)21-12-6-4-11(5-7-12)16(17)20-3/h4-10H,1-3H3. The van der Waals surface area contributed by atoms with E-state index in [9.17, 15) is 4.79 Å². The van der Waals surface area contributed by atoms with Crippen molar-refractivity contribution < 1.29 is 19.0 Å². The first-order chi connectivity index (χ1) is 10.2. The maximum absolute atomic E-state index is 11.4. The van der Waals surface area contributed by atoms with Crippen LogP contribution in [0.2, 0.25) is 0 Å². The van der Waals surface area contributed by atoms with Crippen molar-refractivity contribution in [3.8, 4) is 11.5 Å². The van der Waals surface area contributed by atoms with Gasteiger partial charge in [0.15, 0.2) is 11.5 Å². The molecule has 0 spiro atoms. The Morgan fingerprint density at radius 2 is 1.48 bits per heavy atom. The van der Waals surface area contributed by atoms with E-state index in [0.29, 0.717) is 17.1 Å². The molecule has 0 bridgehead atoms. The fourth-order valence-electron chi connectivity index (χ4n) is 1.79. The zero-order valence-electron chi connectivity index (χ0n) is 12.1. The molecule has 0 fully saturated rings. The van der Waals surface area contributed by atoms with Crippen LogP contribution in [0.5, 0.6) is 11.5 Å². The van der Waals surface area contributed by atoms with Crippen molar-refractivity contribution in [2.45, 2.75) is 9.79 Å². The van der Waals surface area contributed by atoms with Crippen LogP contribution in [0.3, 0.4) is 0 Å². The molecule has 0 aliphatic heterocycles. The van der Waals surface area contributed by atoms with Gasteiger partial charge < -0.3 is 14.2 Å². The Hall–Kier alpha value is -2.14. The fraction of sp³-hybridized carbons (Fsp3) is 0.188. The van der Waals surface area contributed by atoms with E-state index in [1.54, 1.807) is 38.1 Å². The molecule has 0 N–H and O–H groups in total. The molecular formula is C16H16O4S. The quantitative estimate of drug-likeness (QED) is 0.789. The number of hydrogen-bond donors (Lipinski definition) is 0. The van der Waals surface area contributed by atoms with E-state index in [1.165, 1.54) is 7.11 Å². The summed E-state index contributed by atoms with van der Waals surface area (Å²) in [6.45, 7) is 0. The minimum absolute atomic E-state index is 0.335. The van der Waals surface area contributed by atoms with Gasteiger partial charge >= 0.3 is 5.97 Å². The molecule has 2 aromatic carbocycles. The van der Waals surface area contributed by atoms with Gasteiger partial charge in [-0.3, -0.25) is 0 Å². The number of carbonyl (C=O) groups excluding carboxylic acids is 1. The van der Waals surface area contributed by atoms with Crippen molar-refractivity contribution in [1.82, 2.24) is 0 Å². The highest BCUT2D eigenvalue weighted by atomic mass is 32.2. The molecule has 0 unspecified atom stereocenters. The van der Waals surface area contributed by atoms with Crippen LogP contribution in [0.15, 0.2) is 52.3 Å². The van der Waals surface area contributed by atoms with Gasteiger partial charge in [0, 0.05) is 9.79 Å². The Labute approximate surface area is 128 Å². The molecule has 2 aromatic rings. The first-order valence-corrected chi connectivity index (χ1v) is 7.08. The average Bonchev–Trinajstić information content (AvgIpc) is 2.54. The lowest BCUT2D eigenvalue weighted by Gasteiger charge is -2.09. The van der Waals surface area contributed by atoms with Crippen LogP contribution >= 0.6 is 11.8 Å². The Morgan fingerprint density at radius 1 is 0.857 bits per heavy atom. The average molecular weight is 304 g/mol. The first-order valence-electron chi connectivity index (χ1n) is 6.26. The smallest absolute Gasteiger partial charge is 0.337 e. The molecule has 0 saturated carbocycles. The van der Waals surface area contributed by atoms with Crippen molar-refractivity contribution in [1.29, 1.82) is 0 Å². The monoisotopic (exact) mass is 304 g/mol. The predicted octanol–water partition coefficient (Wildman–Crippen LogP) is 3.64. The van der Waals surface area contributed by atoms with Crippen LogP contribution in [-0.2, 0) is 4.74 Å². The summed E-state index contributed by atoms with van der Waals surface area (Å²) in [7, 11) is 4.59. The second-order valence-corrected chi connectivity index (χ2v) is 5.28. The van der Waals surface area contributed by atoms with Crippen LogP contribution in [0.1, 0.15) is 10.4 Å². The molecule has 0 aliphatic rings. The zero-order valence-corrected chi connectivity index (χ0v) is 12.9. The third-order valence-electron chi connectivity index (χ3n) is 2.87. The van der Waals surface area contributed by atoms with Crippen molar-refractivity contribution in [2.24, 2.45) is 0 Å². The molecule has 0 amide bonds. The molecular weight excluding hydrogens is 288 g/mol. The van der Waals surface area contributed by atoms with Gasteiger partial charge in [-0.25, -0.2) is 4.79 Å². The molecule has 0 saturated heterocycles. The van der Waals surface area contributed by atoms with Crippen molar-refractivity contribution in [2.75, 3.05) is 21.3 Å². The number of rotatable bonds is 5. The van der Waals surface area contributed by atoms with Gasteiger partial charge in [-0.15, -0.1) is 0 Å². The van der Waals surface area contributed by atoms with Crippen molar-refractivity contribution >= 4 is 17.7 Å². The molecule has 0 radical (unpaired) electrons.